The number of alkyl halides is 3. The molecule has 2 aromatic rings. The van der Waals surface area contributed by atoms with Gasteiger partial charge < -0.3 is 10.5 Å². The molecule has 0 bridgehead atoms. The zero-order chi connectivity index (χ0) is 13.9. The van der Waals surface area contributed by atoms with Gasteiger partial charge in [0.2, 0.25) is 0 Å². The van der Waals surface area contributed by atoms with Gasteiger partial charge in [0.1, 0.15) is 5.75 Å². The Kier molecular flexibility index (Phi) is 3.94. The highest BCUT2D eigenvalue weighted by Crippen LogP contribution is 2.22. The molecule has 0 aliphatic rings. The first-order valence-corrected chi connectivity index (χ1v) is 6.23. The fourth-order valence-electron chi connectivity index (χ4n) is 1.47. The van der Waals surface area contributed by atoms with E-state index in [1.54, 1.807) is 18.3 Å². The fourth-order valence-corrected chi connectivity index (χ4v) is 2.19. The number of nitrogens with zero attached hydrogens (tertiary/aromatic N) is 1. The second-order valence-electron chi connectivity index (χ2n) is 3.89. The molecule has 0 spiro atoms. The van der Waals surface area contributed by atoms with Gasteiger partial charge in [-0.25, -0.2) is 4.98 Å². The average molecular weight is 288 g/mol. The molecule has 7 heteroatoms. The Labute approximate surface area is 111 Å². The van der Waals surface area contributed by atoms with Gasteiger partial charge in [-0.3, -0.25) is 0 Å². The summed E-state index contributed by atoms with van der Waals surface area (Å²) in [6.07, 6.45) is -1.98. The van der Waals surface area contributed by atoms with Gasteiger partial charge in [0.15, 0.2) is 11.7 Å². The molecule has 0 atom stereocenters. The lowest BCUT2D eigenvalue weighted by molar-refractivity contribution is -0.153. The summed E-state index contributed by atoms with van der Waals surface area (Å²) < 4.78 is 40.5. The maximum absolute atomic E-state index is 12.0. The van der Waals surface area contributed by atoms with Gasteiger partial charge in [-0.15, -0.1) is 11.3 Å². The molecule has 102 valence electrons. The summed E-state index contributed by atoms with van der Waals surface area (Å²) in [7, 11) is 0. The van der Waals surface area contributed by atoms with Crippen LogP contribution in [0.5, 0.6) is 5.75 Å². The lowest BCUT2D eigenvalue weighted by Gasteiger charge is -2.09. The number of hydrogen-bond acceptors (Lipinski definition) is 4. The van der Waals surface area contributed by atoms with Crippen LogP contribution in [0.1, 0.15) is 10.4 Å². The van der Waals surface area contributed by atoms with Crippen molar-refractivity contribution in [3.05, 3.63) is 40.9 Å². The van der Waals surface area contributed by atoms with Crippen molar-refractivity contribution in [3.8, 4) is 5.75 Å². The number of nitrogen functional groups attached to an aromatic ring is 1. The summed E-state index contributed by atoms with van der Waals surface area (Å²) in [6, 6.07) is 6.49. The SMILES string of the molecule is Nc1ncc(Cc2ccc(OCC(F)(F)F)cc2)s1. The molecule has 19 heavy (non-hydrogen) atoms. The van der Waals surface area contributed by atoms with Crippen LogP contribution in [0.25, 0.3) is 0 Å². The van der Waals surface area contributed by atoms with Crippen molar-refractivity contribution >= 4 is 16.5 Å². The molecule has 3 nitrogen and oxygen atoms in total. The summed E-state index contributed by atoms with van der Waals surface area (Å²) in [4.78, 5) is 4.93. The highest BCUT2D eigenvalue weighted by molar-refractivity contribution is 7.15. The zero-order valence-electron chi connectivity index (χ0n) is 9.78. The van der Waals surface area contributed by atoms with Crippen molar-refractivity contribution in [2.24, 2.45) is 0 Å². The quantitative estimate of drug-likeness (QED) is 0.939. The maximum Gasteiger partial charge on any atom is 0.422 e. The Balaban J connectivity index is 1.95. The topological polar surface area (TPSA) is 48.1 Å². The largest absolute Gasteiger partial charge is 0.484 e. The van der Waals surface area contributed by atoms with Gasteiger partial charge in [0.25, 0.3) is 0 Å². The lowest BCUT2D eigenvalue weighted by atomic mass is 10.1. The standard InChI is InChI=1S/C12H11F3N2OS/c13-12(14,15)7-18-9-3-1-8(2-4-9)5-10-6-17-11(16)19-10/h1-4,6H,5,7H2,(H2,16,17). The molecule has 0 fully saturated rings. The number of rotatable bonds is 4. The first-order valence-electron chi connectivity index (χ1n) is 5.41. The molecule has 0 saturated heterocycles. The van der Waals surface area contributed by atoms with Gasteiger partial charge in [-0.1, -0.05) is 12.1 Å². The van der Waals surface area contributed by atoms with E-state index in [4.69, 9.17) is 5.73 Å². The van der Waals surface area contributed by atoms with Gasteiger partial charge in [-0.2, -0.15) is 13.2 Å². The summed E-state index contributed by atoms with van der Waals surface area (Å²) in [6.45, 7) is -1.28. The molecular weight excluding hydrogens is 277 g/mol. The summed E-state index contributed by atoms with van der Waals surface area (Å²) >= 11 is 1.39. The first-order chi connectivity index (χ1) is 8.92. The average Bonchev–Trinajstić information content (AvgIpc) is 2.73. The molecule has 0 unspecified atom stereocenters. The Morgan fingerprint density at radius 2 is 1.89 bits per heavy atom. The fraction of sp³-hybridized carbons (Fsp3) is 0.250. The van der Waals surface area contributed by atoms with E-state index in [0.29, 0.717) is 11.6 Å². The summed E-state index contributed by atoms with van der Waals surface area (Å²) in [5, 5.41) is 0.500. The smallest absolute Gasteiger partial charge is 0.422 e. The second-order valence-corrected chi connectivity index (χ2v) is 5.04. The van der Waals surface area contributed by atoms with Crippen LogP contribution in [0.2, 0.25) is 0 Å². The Hall–Kier alpha value is -1.76. The minimum atomic E-state index is -4.32. The highest BCUT2D eigenvalue weighted by atomic mass is 32.1. The number of aromatic nitrogens is 1. The molecule has 0 radical (unpaired) electrons. The van der Waals surface area contributed by atoms with E-state index >= 15 is 0 Å². The molecule has 0 aliphatic heterocycles. The Morgan fingerprint density at radius 1 is 1.21 bits per heavy atom. The number of ether oxygens (including phenoxy) is 1. The predicted molar refractivity (Wildman–Crippen MR) is 67.3 cm³/mol. The van der Waals surface area contributed by atoms with Crippen LogP contribution in [0.3, 0.4) is 0 Å². The predicted octanol–water partition coefficient (Wildman–Crippen LogP) is 3.26. The molecule has 0 saturated carbocycles. The van der Waals surface area contributed by atoms with Crippen LogP contribution in [0.4, 0.5) is 18.3 Å². The van der Waals surface area contributed by atoms with Crippen LogP contribution in [-0.2, 0) is 6.42 Å². The van der Waals surface area contributed by atoms with Crippen molar-refractivity contribution in [3.63, 3.8) is 0 Å². The molecule has 2 N–H and O–H groups in total. The van der Waals surface area contributed by atoms with E-state index in [0.717, 1.165) is 10.4 Å². The van der Waals surface area contributed by atoms with Gasteiger partial charge in [0, 0.05) is 17.5 Å². The first kappa shape index (κ1) is 13.7. The Morgan fingerprint density at radius 3 is 2.42 bits per heavy atom. The Bertz CT molecular complexity index is 537. The van der Waals surface area contributed by atoms with Crippen molar-refractivity contribution in [1.29, 1.82) is 0 Å². The molecule has 1 aromatic carbocycles. The normalized spacial score (nSPS) is 11.5. The van der Waals surface area contributed by atoms with Crippen LogP contribution in [0, 0.1) is 0 Å². The van der Waals surface area contributed by atoms with Crippen LogP contribution < -0.4 is 10.5 Å². The number of anilines is 1. The van der Waals surface area contributed by atoms with E-state index in [2.05, 4.69) is 9.72 Å². The van der Waals surface area contributed by atoms with Crippen LogP contribution in [-0.4, -0.2) is 17.8 Å². The number of benzene rings is 1. The van der Waals surface area contributed by atoms with Crippen molar-refractivity contribution in [2.75, 3.05) is 12.3 Å². The number of thiazole rings is 1. The lowest BCUT2D eigenvalue weighted by Crippen LogP contribution is -2.19. The molecule has 2 rings (SSSR count). The van der Waals surface area contributed by atoms with E-state index in [1.807, 2.05) is 0 Å². The number of halogens is 3. The molecule has 0 amide bonds. The molecule has 1 heterocycles. The maximum atomic E-state index is 12.0. The van der Waals surface area contributed by atoms with Crippen LogP contribution in [0.15, 0.2) is 30.5 Å². The molecular formula is C12H11F3N2OS. The highest BCUT2D eigenvalue weighted by Gasteiger charge is 2.28. The van der Waals surface area contributed by atoms with Crippen molar-refractivity contribution in [2.45, 2.75) is 12.6 Å². The van der Waals surface area contributed by atoms with Crippen LogP contribution >= 0.6 is 11.3 Å². The minimum absolute atomic E-state index is 0.199. The third-order valence-electron chi connectivity index (χ3n) is 2.28. The second kappa shape index (κ2) is 5.48. The number of hydrogen-bond donors (Lipinski definition) is 1. The van der Waals surface area contributed by atoms with Gasteiger partial charge >= 0.3 is 6.18 Å². The van der Waals surface area contributed by atoms with E-state index < -0.39 is 12.8 Å². The van der Waals surface area contributed by atoms with Crippen molar-refractivity contribution < 1.29 is 17.9 Å². The van der Waals surface area contributed by atoms with E-state index in [-0.39, 0.29) is 5.75 Å². The summed E-state index contributed by atoms with van der Waals surface area (Å²) in [5.74, 6) is 0.199. The number of nitrogens with two attached hydrogens (primary N) is 1. The van der Waals surface area contributed by atoms with Crippen molar-refractivity contribution in [1.82, 2.24) is 4.98 Å². The third-order valence-corrected chi connectivity index (χ3v) is 3.10. The van der Waals surface area contributed by atoms with E-state index in [1.165, 1.54) is 23.5 Å². The zero-order valence-corrected chi connectivity index (χ0v) is 10.6. The molecule has 1 aromatic heterocycles. The monoisotopic (exact) mass is 288 g/mol. The minimum Gasteiger partial charge on any atom is -0.484 e. The van der Waals surface area contributed by atoms with Gasteiger partial charge in [0.05, 0.1) is 0 Å². The third kappa shape index (κ3) is 4.44. The van der Waals surface area contributed by atoms with Gasteiger partial charge in [-0.05, 0) is 17.7 Å². The summed E-state index contributed by atoms with van der Waals surface area (Å²) in [5.41, 5.74) is 6.48. The molecule has 0 aliphatic carbocycles. The van der Waals surface area contributed by atoms with E-state index in [9.17, 15) is 13.2 Å².